The summed E-state index contributed by atoms with van der Waals surface area (Å²) >= 11 is 1.74. The first-order chi connectivity index (χ1) is 7.40. The van der Waals surface area contributed by atoms with Crippen LogP contribution in [0.1, 0.15) is 10.9 Å². The van der Waals surface area contributed by atoms with E-state index in [4.69, 9.17) is 10.5 Å². The van der Waals surface area contributed by atoms with Crippen LogP contribution in [0.4, 0.5) is 0 Å². The maximum Gasteiger partial charge on any atom is 0.0680 e. The summed E-state index contributed by atoms with van der Waals surface area (Å²) in [5, 5.41) is 4.28. The van der Waals surface area contributed by atoms with Crippen molar-refractivity contribution in [3.63, 3.8) is 0 Å². The summed E-state index contributed by atoms with van der Waals surface area (Å²) in [4.78, 5) is 1.30. The first-order valence-electron chi connectivity index (χ1n) is 5.22. The number of ether oxygens (including phenoxy) is 1. The van der Waals surface area contributed by atoms with Crippen LogP contribution in [0.2, 0.25) is 0 Å². The molecule has 2 rings (SSSR count). The molecule has 1 unspecified atom stereocenters. The van der Waals surface area contributed by atoms with Gasteiger partial charge < -0.3 is 10.5 Å². The normalized spacial score (nSPS) is 20.3. The SMILES string of the molecule is NCC(NN1CCOCC1)c1cccs1. The molecule has 1 aliphatic heterocycles. The monoisotopic (exact) mass is 227 g/mol. The molecule has 0 aromatic carbocycles. The van der Waals surface area contributed by atoms with Crippen LogP contribution in [-0.4, -0.2) is 37.9 Å². The van der Waals surface area contributed by atoms with Gasteiger partial charge in [0.25, 0.3) is 0 Å². The molecule has 15 heavy (non-hydrogen) atoms. The van der Waals surface area contributed by atoms with E-state index in [0.717, 1.165) is 26.3 Å². The highest BCUT2D eigenvalue weighted by Crippen LogP contribution is 2.18. The number of nitrogens with two attached hydrogens (primary N) is 1. The van der Waals surface area contributed by atoms with E-state index in [9.17, 15) is 0 Å². The molecule has 5 heteroatoms. The predicted molar refractivity (Wildman–Crippen MR) is 61.6 cm³/mol. The number of rotatable bonds is 4. The van der Waals surface area contributed by atoms with E-state index < -0.39 is 0 Å². The van der Waals surface area contributed by atoms with Crippen LogP contribution in [0.3, 0.4) is 0 Å². The fourth-order valence-corrected chi connectivity index (χ4v) is 2.42. The van der Waals surface area contributed by atoms with E-state index in [0.29, 0.717) is 6.54 Å². The van der Waals surface area contributed by atoms with E-state index in [1.54, 1.807) is 11.3 Å². The summed E-state index contributed by atoms with van der Waals surface area (Å²) in [6, 6.07) is 4.42. The average molecular weight is 227 g/mol. The molecule has 1 atom stereocenters. The third-order valence-corrected chi connectivity index (χ3v) is 3.46. The van der Waals surface area contributed by atoms with Crippen molar-refractivity contribution in [2.45, 2.75) is 6.04 Å². The third-order valence-electron chi connectivity index (χ3n) is 2.47. The number of hydrogen-bond donors (Lipinski definition) is 2. The first-order valence-corrected chi connectivity index (χ1v) is 6.10. The van der Waals surface area contributed by atoms with Gasteiger partial charge in [-0.15, -0.1) is 11.3 Å². The Morgan fingerprint density at radius 2 is 2.33 bits per heavy atom. The highest BCUT2D eigenvalue weighted by molar-refractivity contribution is 7.10. The summed E-state index contributed by atoms with van der Waals surface area (Å²) in [7, 11) is 0. The van der Waals surface area contributed by atoms with Gasteiger partial charge in [-0.1, -0.05) is 6.07 Å². The van der Waals surface area contributed by atoms with Crippen LogP contribution < -0.4 is 11.2 Å². The lowest BCUT2D eigenvalue weighted by atomic mass is 10.2. The highest BCUT2D eigenvalue weighted by atomic mass is 32.1. The zero-order chi connectivity index (χ0) is 10.5. The fraction of sp³-hybridized carbons (Fsp3) is 0.600. The molecule has 84 valence electrons. The number of hydrogen-bond acceptors (Lipinski definition) is 5. The van der Waals surface area contributed by atoms with Gasteiger partial charge in [0.2, 0.25) is 0 Å². The number of morpholine rings is 1. The molecule has 0 aliphatic carbocycles. The maximum atomic E-state index is 5.77. The van der Waals surface area contributed by atoms with Crippen molar-refractivity contribution in [2.24, 2.45) is 5.73 Å². The smallest absolute Gasteiger partial charge is 0.0680 e. The average Bonchev–Trinajstić information content (AvgIpc) is 2.81. The molecule has 1 saturated heterocycles. The Labute approximate surface area is 94.0 Å². The molecule has 0 amide bonds. The quantitative estimate of drug-likeness (QED) is 0.790. The lowest BCUT2D eigenvalue weighted by molar-refractivity contribution is 0.00433. The predicted octanol–water partition coefficient (Wildman–Crippen LogP) is 0.585. The van der Waals surface area contributed by atoms with Gasteiger partial charge >= 0.3 is 0 Å². The van der Waals surface area contributed by atoms with Gasteiger partial charge in [-0.3, -0.25) is 0 Å². The largest absolute Gasteiger partial charge is 0.379 e. The van der Waals surface area contributed by atoms with E-state index in [2.05, 4.69) is 27.9 Å². The van der Waals surface area contributed by atoms with E-state index in [-0.39, 0.29) is 6.04 Å². The molecule has 0 spiro atoms. The molecule has 1 aromatic rings. The molecule has 0 bridgehead atoms. The van der Waals surface area contributed by atoms with Gasteiger partial charge in [-0.25, -0.2) is 10.4 Å². The topological polar surface area (TPSA) is 50.5 Å². The summed E-state index contributed by atoms with van der Waals surface area (Å²) in [6.45, 7) is 4.09. The van der Waals surface area contributed by atoms with Gasteiger partial charge in [0.1, 0.15) is 0 Å². The van der Waals surface area contributed by atoms with Crippen LogP contribution in [0, 0.1) is 0 Å². The summed E-state index contributed by atoms with van der Waals surface area (Å²) in [5.41, 5.74) is 9.21. The Bertz CT molecular complexity index is 272. The second kappa shape index (κ2) is 5.58. The van der Waals surface area contributed by atoms with Crippen LogP contribution in [-0.2, 0) is 4.74 Å². The van der Waals surface area contributed by atoms with Crippen LogP contribution in [0.25, 0.3) is 0 Å². The third kappa shape index (κ3) is 2.99. The van der Waals surface area contributed by atoms with Crippen molar-refractivity contribution < 1.29 is 4.74 Å². The lowest BCUT2D eigenvalue weighted by Crippen LogP contribution is -2.48. The van der Waals surface area contributed by atoms with Crippen molar-refractivity contribution in [3.05, 3.63) is 22.4 Å². The Morgan fingerprint density at radius 3 is 2.93 bits per heavy atom. The number of nitrogens with one attached hydrogen (secondary N) is 1. The van der Waals surface area contributed by atoms with Crippen LogP contribution in [0.5, 0.6) is 0 Å². The number of nitrogens with zero attached hydrogens (tertiary/aromatic N) is 1. The Hall–Kier alpha value is -0.460. The standard InChI is InChI=1S/C10H17N3OS/c11-8-9(10-2-1-7-15-10)12-13-3-5-14-6-4-13/h1-2,7,9,12H,3-6,8,11H2. The van der Waals surface area contributed by atoms with E-state index in [1.165, 1.54) is 4.88 Å². The lowest BCUT2D eigenvalue weighted by Gasteiger charge is -2.30. The molecule has 0 saturated carbocycles. The zero-order valence-electron chi connectivity index (χ0n) is 8.69. The van der Waals surface area contributed by atoms with Gasteiger partial charge in [0, 0.05) is 24.5 Å². The van der Waals surface area contributed by atoms with Gasteiger partial charge in [-0.05, 0) is 11.4 Å². The van der Waals surface area contributed by atoms with Crippen molar-refractivity contribution in [1.29, 1.82) is 0 Å². The summed E-state index contributed by atoms with van der Waals surface area (Å²) in [5.74, 6) is 0. The summed E-state index contributed by atoms with van der Waals surface area (Å²) in [6.07, 6.45) is 0. The molecule has 1 aromatic heterocycles. The van der Waals surface area contributed by atoms with Gasteiger partial charge in [0.05, 0.1) is 19.3 Å². The van der Waals surface area contributed by atoms with Crippen molar-refractivity contribution in [3.8, 4) is 0 Å². The molecule has 1 aliphatic rings. The van der Waals surface area contributed by atoms with Crippen molar-refractivity contribution in [1.82, 2.24) is 10.4 Å². The Kier molecular flexibility index (Phi) is 4.10. The minimum absolute atomic E-state index is 0.239. The molecule has 3 N–H and O–H groups in total. The van der Waals surface area contributed by atoms with Gasteiger partial charge in [-0.2, -0.15) is 0 Å². The van der Waals surface area contributed by atoms with E-state index in [1.807, 2.05) is 0 Å². The highest BCUT2D eigenvalue weighted by Gasteiger charge is 2.16. The number of thiophene rings is 1. The molecule has 1 fully saturated rings. The zero-order valence-corrected chi connectivity index (χ0v) is 9.50. The minimum Gasteiger partial charge on any atom is -0.379 e. The number of hydrazine groups is 1. The molecular weight excluding hydrogens is 210 g/mol. The van der Waals surface area contributed by atoms with E-state index >= 15 is 0 Å². The second-order valence-corrected chi connectivity index (χ2v) is 4.51. The molecule has 4 nitrogen and oxygen atoms in total. The fourth-order valence-electron chi connectivity index (χ4n) is 1.63. The minimum atomic E-state index is 0.239. The maximum absolute atomic E-state index is 5.77. The van der Waals surface area contributed by atoms with Crippen LogP contribution >= 0.6 is 11.3 Å². The summed E-state index contributed by atoms with van der Waals surface area (Å²) < 4.78 is 5.30. The first kappa shape index (κ1) is 11.0. The molecule has 0 radical (unpaired) electrons. The van der Waals surface area contributed by atoms with Crippen LogP contribution in [0.15, 0.2) is 17.5 Å². The second-order valence-electron chi connectivity index (χ2n) is 3.53. The molecular formula is C10H17N3OS. The van der Waals surface area contributed by atoms with Crippen molar-refractivity contribution >= 4 is 11.3 Å². The van der Waals surface area contributed by atoms with Gasteiger partial charge in [0.15, 0.2) is 0 Å². The van der Waals surface area contributed by atoms with Crippen molar-refractivity contribution in [2.75, 3.05) is 32.8 Å². The Balaban J connectivity index is 1.90. The molecule has 2 heterocycles. The Morgan fingerprint density at radius 1 is 1.53 bits per heavy atom.